The van der Waals surface area contributed by atoms with Crippen LogP contribution in [0.5, 0.6) is 0 Å². The quantitative estimate of drug-likeness (QED) is 0.473. The lowest BCUT2D eigenvalue weighted by Gasteiger charge is -2.37. The van der Waals surface area contributed by atoms with Crippen LogP contribution in [0.2, 0.25) is 0 Å². The van der Waals surface area contributed by atoms with Gasteiger partial charge < -0.3 is 20.6 Å². The van der Waals surface area contributed by atoms with Crippen LogP contribution in [0.25, 0.3) is 10.9 Å². The van der Waals surface area contributed by atoms with Crippen molar-refractivity contribution in [2.75, 3.05) is 7.11 Å². The fraction of sp³-hybridized carbons (Fsp3) is 0.526. The molecule has 6 nitrogen and oxygen atoms in total. The number of rotatable bonds is 6. The highest BCUT2D eigenvalue weighted by Crippen LogP contribution is 2.32. The van der Waals surface area contributed by atoms with Gasteiger partial charge in [-0.3, -0.25) is 10.1 Å². The molecule has 25 heavy (non-hydrogen) atoms. The molecule has 1 unspecified atom stereocenters. The van der Waals surface area contributed by atoms with Crippen LogP contribution in [-0.2, 0) is 16.0 Å². The number of carbonyl (C=O) groups excluding carboxylic acids is 1. The van der Waals surface area contributed by atoms with Crippen molar-refractivity contribution >= 4 is 16.9 Å². The molecular formula is C19H27N3O3. The normalized spacial score (nSPS) is 20.3. The first-order valence-corrected chi connectivity index (χ1v) is 8.76. The number of hydrogen-bond donors (Lipinski definition) is 4. The summed E-state index contributed by atoms with van der Waals surface area (Å²) in [6.07, 6.45) is 4.53. The summed E-state index contributed by atoms with van der Waals surface area (Å²) in [4.78, 5) is 15.5. The molecule has 0 bridgehead atoms. The molecule has 1 aromatic heterocycles. The molecule has 0 aliphatic heterocycles. The summed E-state index contributed by atoms with van der Waals surface area (Å²) < 4.78 is 4.96. The Balaban J connectivity index is 1.78. The molecule has 0 saturated heterocycles. The summed E-state index contributed by atoms with van der Waals surface area (Å²) in [7, 11) is 1.38. The van der Waals surface area contributed by atoms with Crippen molar-refractivity contribution < 1.29 is 14.6 Å². The Morgan fingerprint density at radius 3 is 2.80 bits per heavy atom. The number of esters is 1. The van der Waals surface area contributed by atoms with Crippen LogP contribution < -0.4 is 11.1 Å². The van der Waals surface area contributed by atoms with E-state index >= 15 is 0 Å². The molecule has 1 saturated carbocycles. The Morgan fingerprint density at radius 1 is 1.44 bits per heavy atom. The minimum Gasteiger partial charge on any atom is -0.468 e. The third-order valence-corrected chi connectivity index (χ3v) is 5.32. The van der Waals surface area contributed by atoms with Crippen LogP contribution in [-0.4, -0.2) is 40.5 Å². The topological polar surface area (TPSA) is 100 Å². The molecule has 2 atom stereocenters. The number of aliphatic hydroxyl groups is 1. The van der Waals surface area contributed by atoms with Crippen LogP contribution >= 0.6 is 0 Å². The zero-order chi connectivity index (χ0) is 18.1. The highest BCUT2D eigenvalue weighted by Gasteiger charge is 2.46. The van der Waals surface area contributed by atoms with Crippen LogP contribution in [0.4, 0.5) is 0 Å². The second-order valence-corrected chi connectivity index (χ2v) is 7.37. The summed E-state index contributed by atoms with van der Waals surface area (Å²) >= 11 is 0. The molecule has 1 aromatic carbocycles. The number of carbonyl (C=O) groups is 1. The van der Waals surface area contributed by atoms with E-state index in [4.69, 9.17) is 10.5 Å². The van der Waals surface area contributed by atoms with Crippen molar-refractivity contribution in [2.24, 2.45) is 5.73 Å². The van der Waals surface area contributed by atoms with Gasteiger partial charge in [-0.1, -0.05) is 31.0 Å². The molecule has 1 fully saturated rings. The number of para-hydroxylation sites is 1. The van der Waals surface area contributed by atoms with Crippen LogP contribution in [0.1, 0.15) is 38.2 Å². The molecule has 0 spiro atoms. The molecule has 0 amide bonds. The van der Waals surface area contributed by atoms with Gasteiger partial charge in [0, 0.05) is 17.1 Å². The van der Waals surface area contributed by atoms with E-state index < -0.39 is 17.3 Å². The maximum absolute atomic E-state index is 12.2. The first-order valence-electron chi connectivity index (χ1n) is 8.76. The lowest BCUT2D eigenvalue weighted by molar-refractivity contribution is -0.150. The number of hydrogen-bond acceptors (Lipinski definition) is 5. The molecule has 1 aliphatic carbocycles. The van der Waals surface area contributed by atoms with Crippen molar-refractivity contribution in [3.8, 4) is 0 Å². The molecule has 6 heteroatoms. The van der Waals surface area contributed by atoms with Gasteiger partial charge in [0.15, 0.2) is 0 Å². The lowest BCUT2D eigenvalue weighted by atomic mass is 9.89. The van der Waals surface area contributed by atoms with Crippen LogP contribution in [0.15, 0.2) is 30.5 Å². The molecule has 136 valence electrons. The number of ether oxygens (including phenoxy) is 1. The molecule has 0 radical (unpaired) electrons. The summed E-state index contributed by atoms with van der Waals surface area (Å²) in [5, 5.41) is 14.9. The van der Waals surface area contributed by atoms with Gasteiger partial charge in [-0.05, 0) is 37.8 Å². The van der Waals surface area contributed by atoms with E-state index in [0.717, 1.165) is 29.3 Å². The van der Waals surface area contributed by atoms with Gasteiger partial charge in [-0.2, -0.15) is 0 Å². The maximum atomic E-state index is 12.2. The predicted octanol–water partition coefficient (Wildman–Crippen LogP) is 1.82. The number of fused-ring (bicyclic) bond motifs is 1. The molecule has 3 rings (SSSR count). The van der Waals surface area contributed by atoms with Gasteiger partial charge in [-0.25, -0.2) is 0 Å². The van der Waals surface area contributed by atoms with Crippen molar-refractivity contribution in [2.45, 2.75) is 56.3 Å². The summed E-state index contributed by atoms with van der Waals surface area (Å²) in [6.45, 7) is 1.80. The molecular weight excluding hydrogens is 318 g/mol. The minimum absolute atomic E-state index is 0.327. The third-order valence-electron chi connectivity index (χ3n) is 5.32. The molecule has 5 N–H and O–H groups in total. The monoisotopic (exact) mass is 345 g/mol. The highest BCUT2D eigenvalue weighted by molar-refractivity contribution is 5.83. The summed E-state index contributed by atoms with van der Waals surface area (Å²) in [5.74, 6) is -0.327. The average molecular weight is 345 g/mol. The second-order valence-electron chi connectivity index (χ2n) is 7.37. The average Bonchev–Trinajstić information content (AvgIpc) is 3.22. The van der Waals surface area contributed by atoms with Gasteiger partial charge in [0.2, 0.25) is 0 Å². The predicted molar refractivity (Wildman–Crippen MR) is 97.0 cm³/mol. The number of aromatic nitrogens is 1. The van der Waals surface area contributed by atoms with E-state index in [1.165, 1.54) is 7.11 Å². The highest BCUT2D eigenvalue weighted by atomic mass is 16.5. The second kappa shape index (κ2) is 6.78. The van der Waals surface area contributed by atoms with Gasteiger partial charge >= 0.3 is 5.97 Å². The fourth-order valence-electron chi connectivity index (χ4n) is 3.79. The van der Waals surface area contributed by atoms with E-state index in [2.05, 4.69) is 10.3 Å². The van der Waals surface area contributed by atoms with Gasteiger partial charge in [-0.15, -0.1) is 0 Å². The van der Waals surface area contributed by atoms with Crippen molar-refractivity contribution in [1.82, 2.24) is 10.3 Å². The van der Waals surface area contributed by atoms with E-state index in [0.29, 0.717) is 19.3 Å². The summed E-state index contributed by atoms with van der Waals surface area (Å²) in [6, 6.07) is 7.99. The SMILES string of the molecule is COC(=O)C1(NC(O)[C@](C)(N)Cc2c[nH]c3ccccc23)CCCC1. The number of nitrogens with one attached hydrogen (secondary N) is 2. The minimum atomic E-state index is -1.03. The van der Waals surface area contributed by atoms with E-state index in [1.54, 1.807) is 6.92 Å². The first kappa shape index (κ1) is 17.9. The Bertz CT molecular complexity index is 747. The number of aromatic amines is 1. The number of nitrogens with two attached hydrogens (primary N) is 1. The van der Waals surface area contributed by atoms with Crippen molar-refractivity contribution in [3.63, 3.8) is 0 Å². The Hall–Kier alpha value is -1.89. The number of aliphatic hydroxyl groups excluding tert-OH is 1. The number of benzene rings is 1. The van der Waals surface area contributed by atoms with E-state index in [9.17, 15) is 9.90 Å². The third kappa shape index (κ3) is 3.42. The van der Waals surface area contributed by atoms with Gasteiger partial charge in [0.05, 0.1) is 12.6 Å². The Labute approximate surface area is 147 Å². The maximum Gasteiger partial charge on any atom is 0.326 e. The number of H-pyrrole nitrogens is 1. The van der Waals surface area contributed by atoms with Crippen molar-refractivity contribution in [3.05, 3.63) is 36.0 Å². The first-order chi connectivity index (χ1) is 11.9. The van der Waals surface area contributed by atoms with Gasteiger partial charge in [0.1, 0.15) is 11.8 Å². The van der Waals surface area contributed by atoms with Crippen LogP contribution in [0, 0.1) is 0 Å². The van der Waals surface area contributed by atoms with Crippen molar-refractivity contribution in [1.29, 1.82) is 0 Å². The standard InChI is InChI=1S/C19H27N3O3/c1-18(20,11-13-12-21-15-8-4-3-7-14(13)15)16(23)22-19(17(24)25-2)9-5-6-10-19/h3-4,7-8,12,16,21-23H,5-6,9-11,20H2,1-2H3/t16?,18-/m1/s1. The van der Waals surface area contributed by atoms with E-state index in [1.807, 2.05) is 30.5 Å². The Kier molecular flexibility index (Phi) is 4.86. The largest absolute Gasteiger partial charge is 0.468 e. The zero-order valence-corrected chi connectivity index (χ0v) is 14.8. The van der Waals surface area contributed by atoms with Crippen LogP contribution in [0.3, 0.4) is 0 Å². The molecule has 1 aliphatic rings. The fourth-order valence-corrected chi connectivity index (χ4v) is 3.79. The molecule has 1 heterocycles. The molecule has 2 aromatic rings. The van der Waals surface area contributed by atoms with E-state index in [-0.39, 0.29) is 5.97 Å². The smallest absolute Gasteiger partial charge is 0.326 e. The van der Waals surface area contributed by atoms with Gasteiger partial charge in [0.25, 0.3) is 0 Å². The summed E-state index contributed by atoms with van der Waals surface area (Å²) in [5.41, 5.74) is 6.75. The Morgan fingerprint density at radius 2 is 2.12 bits per heavy atom. The lowest BCUT2D eigenvalue weighted by Crippen LogP contribution is -2.64. The zero-order valence-electron chi connectivity index (χ0n) is 14.8. The number of methoxy groups -OCH3 is 1.